The number of thiophene rings is 1. The Morgan fingerprint density at radius 1 is 0.943 bits per heavy atom. The van der Waals surface area contributed by atoms with Crippen molar-refractivity contribution >= 4 is 39.7 Å². The highest BCUT2D eigenvalue weighted by atomic mass is 32.1. The summed E-state index contributed by atoms with van der Waals surface area (Å²) in [6.07, 6.45) is 1.35. The van der Waals surface area contributed by atoms with Crippen LogP contribution in [-0.4, -0.2) is 56.6 Å². The molecule has 0 spiro atoms. The zero-order chi connectivity index (χ0) is 23.8. The zero-order valence-corrected chi connectivity index (χ0v) is 20.4. The zero-order valence-electron chi connectivity index (χ0n) is 19.6. The maximum Gasteiger partial charge on any atom is 0.227 e. The average Bonchev–Trinajstić information content (AvgIpc) is 3.49. The first kappa shape index (κ1) is 21.7. The van der Waals surface area contributed by atoms with Gasteiger partial charge >= 0.3 is 0 Å². The SMILES string of the molecule is Cc1ccc(-c2nnc3c4ccccc4nc(N4CCCN(C(=O)Cc5cccs5)CC4)n23)cc1. The van der Waals surface area contributed by atoms with Crippen LogP contribution in [0.15, 0.2) is 66.0 Å². The quantitative estimate of drug-likeness (QED) is 0.375. The minimum absolute atomic E-state index is 0.190. The van der Waals surface area contributed by atoms with Gasteiger partial charge in [0.1, 0.15) is 0 Å². The molecule has 2 aromatic carbocycles. The van der Waals surface area contributed by atoms with Gasteiger partial charge in [-0.3, -0.25) is 4.79 Å². The molecule has 1 amide bonds. The summed E-state index contributed by atoms with van der Waals surface area (Å²) in [5, 5.41) is 12.2. The number of aromatic nitrogens is 4. The molecule has 5 aromatic rings. The summed E-state index contributed by atoms with van der Waals surface area (Å²) in [5.41, 5.74) is 3.90. The molecular weight excluding hydrogens is 456 g/mol. The lowest BCUT2D eigenvalue weighted by Crippen LogP contribution is -2.36. The molecule has 0 N–H and O–H groups in total. The van der Waals surface area contributed by atoms with E-state index in [4.69, 9.17) is 4.98 Å². The lowest BCUT2D eigenvalue weighted by Gasteiger charge is -2.24. The monoisotopic (exact) mass is 482 g/mol. The minimum Gasteiger partial charge on any atom is -0.341 e. The lowest BCUT2D eigenvalue weighted by atomic mass is 10.1. The minimum atomic E-state index is 0.190. The van der Waals surface area contributed by atoms with Crippen molar-refractivity contribution < 1.29 is 4.79 Å². The van der Waals surface area contributed by atoms with Crippen LogP contribution in [0.25, 0.3) is 27.9 Å². The van der Waals surface area contributed by atoms with E-state index in [0.29, 0.717) is 19.5 Å². The van der Waals surface area contributed by atoms with E-state index in [-0.39, 0.29) is 5.91 Å². The molecule has 1 aliphatic heterocycles. The third-order valence-corrected chi connectivity index (χ3v) is 7.45. The van der Waals surface area contributed by atoms with Gasteiger partial charge in [-0.2, -0.15) is 0 Å². The number of para-hydroxylation sites is 1. The van der Waals surface area contributed by atoms with Gasteiger partial charge in [0.2, 0.25) is 11.9 Å². The van der Waals surface area contributed by atoms with E-state index in [9.17, 15) is 4.79 Å². The van der Waals surface area contributed by atoms with Gasteiger partial charge in [0.25, 0.3) is 0 Å². The number of carbonyl (C=O) groups excluding carboxylic acids is 1. The van der Waals surface area contributed by atoms with Crippen LogP contribution >= 0.6 is 11.3 Å². The van der Waals surface area contributed by atoms with Crippen molar-refractivity contribution in [1.29, 1.82) is 0 Å². The Balaban J connectivity index is 1.38. The smallest absolute Gasteiger partial charge is 0.227 e. The highest BCUT2D eigenvalue weighted by Gasteiger charge is 2.24. The predicted octanol–water partition coefficient (Wildman–Crippen LogP) is 4.60. The Morgan fingerprint density at radius 3 is 2.63 bits per heavy atom. The van der Waals surface area contributed by atoms with Crippen LogP contribution in [0.1, 0.15) is 16.9 Å². The summed E-state index contributed by atoms with van der Waals surface area (Å²) in [6.45, 7) is 5.03. The molecule has 0 radical (unpaired) electrons. The molecular formula is C27H26N6OS. The normalized spacial score (nSPS) is 14.5. The first-order valence-corrected chi connectivity index (χ1v) is 12.8. The Kier molecular flexibility index (Phi) is 5.66. The molecule has 0 saturated carbocycles. The molecule has 1 saturated heterocycles. The molecule has 4 heterocycles. The van der Waals surface area contributed by atoms with Gasteiger partial charge in [0, 0.05) is 42.0 Å². The number of carbonyl (C=O) groups is 1. The molecule has 0 aliphatic carbocycles. The van der Waals surface area contributed by atoms with Crippen LogP contribution in [-0.2, 0) is 11.2 Å². The Bertz CT molecular complexity index is 1490. The topological polar surface area (TPSA) is 66.6 Å². The molecule has 3 aromatic heterocycles. The predicted molar refractivity (Wildman–Crippen MR) is 140 cm³/mol. The van der Waals surface area contributed by atoms with Gasteiger partial charge in [-0.1, -0.05) is 48.0 Å². The fraction of sp³-hybridized carbons (Fsp3) is 0.259. The number of hydrogen-bond donors (Lipinski definition) is 0. The average molecular weight is 483 g/mol. The number of rotatable bonds is 4. The number of nitrogens with zero attached hydrogens (tertiary/aromatic N) is 6. The molecule has 0 unspecified atom stereocenters. The number of benzene rings is 2. The van der Waals surface area contributed by atoms with Gasteiger partial charge < -0.3 is 9.80 Å². The molecule has 176 valence electrons. The molecule has 0 bridgehead atoms. The van der Waals surface area contributed by atoms with Crippen LogP contribution in [0, 0.1) is 6.92 Å². The van der Waals surface area contributed by atoms with Crippen molar-refractivity contribution in [1.82, 2.24) is 24.5 Å². The summed E-state index contributed by atoms with van der Waals surface area (Å²) in [5.74, 6) is 1.80. The second-order valence-corrected chi connectivity index (χ2v) is 9.99. The van der Waals surface area contributed by atoms with E-state index < -0.39 is 0 Å². The summed E-state index contributed by atoms with van der Waals surface area (Å²) in [7, 11) is 0. The van der Waals surface area contributed by atoms with Crippen LogP contribution in [0.4, 0.5) is 5.95 Å². The number of amides is 1. The second-order valence-electron chi connectivity index (χ2n) is 8.96. The summed E-state index contributed by atoms with van der Waals surface area (Å²) < 4.78 is 2.08. The Hall–Kier alpha value is -3.78. The van der Waals surface area contributed by atoms with Crippen LogP contribution in [0.3, 0.4) is 0 Å². The summed E-state index contributed by atoms with van der Waals surface area (Å²) in [4.78, 5) is 23.4. The highest BCUT2D eigenvalue weighted by Crippen LogP contribution is 2.29. The van der Waals surface area contributed by atoms with Crippen molar-refractivity contribution in [2.24, 2.45) is 0 Å². The molecule has 6 rings (SSSR count). The van der Waals surface area contributed by atoms with E-state index in [0.717, 1.165) is 58.3 Å². The van der Waals surface area contributed by atoms with Crippen molar-refractivity contribution in [3.63, 3.8) is 0 Å². The van der Waals surface area contributed by atoms with E-state index in [1.807, 2.05) is 46.7 Å². The molecule has 35 heavy (non-hydrogen) atoms. The Labute approximate surface area is 207 Å². The van der Waals surface area contributed by atoms with E-state index >= 15 is 0 Å². The van der Waals surface area contributed by atoms with Crippen LogP contribution in [0.5, 0.6) is 0 Å². The van der Waals surface area contributed by atoms with Crippen molar-refractivity contribution in [2.45, 2.75) is 19.8 Å². The first-order chi connectivity index (χ1) is 17.2. The molecule has 1 aliphatic rings. The number of hydrogen-bond acceptors (Lipinski definition) is 6. The van der Waals surface area contributed by atoms with E-state index in [1.165, 1.54) is 5.56 Å². The van der Waals surface area contributed by atoms with Crippen LogP contribution < -0.4 is 4.90 Å². The van der Waals surface area contributed by atoms with Crippen molar-refractivity contribution in [3.8, 4) is 11.4 Å². The fourth-order valence-electron chi connectivity index (χ4n) is 4.71. The Morgan fingerprint density at radius 2 is 1.80 bits per heavy atom. The summed E-state index contributed by atoms with van der Waals surface area (Å²) >= 11 is 1.64. The van der Waals surface area contributed by atoms with Gasteiger partial charge in [-0.25, -0.2) is 9.38 Å². The van der Waals surface area contributed by atoms with E-state index in [1.54, 1.807) is 11.3 Å². The summed E-state index contributed by atoms with van der Waals surface area (Å²) in [6, 6.07) is 20.4. The molecule has 1 fully saturated rings. The van der Waals surface area contributed by atoms with Gasteiger partial charge in [-0.05, 0) is 36.9 Å². The van der Waals surface area contributed by atoms with Crippen molar-refractivity contribution in [3.05, 3.63) is 76.5 Å². The first-order valence-electron chi connectivity index (χ1n) is 11.9. The van der Waals surface area contributed by atoms with E-state index in [2.05, 4.69) is 50.7 Å². The number of fused-ring (bicyclic) bond motifs is 3. The maximum atomic E-state index is 12.9. The largest absolute Gasteiger partial charge is 0.341 e. The number of anilines is 1. The standard InChI is InChI=1S/C27H26N6OS/c1-19-9-11-20(12-10-19)25-29-30-26-22-7-2-3-8-23(22)28-27(33(25)26)32-14-5-13-31(15-16-32)24(34)18-21-6-4-17-35-21/h2-4,6-12,17H,5,13-16,18H2,1H3. The number of aryl methyl sites for hydroxylation is 1. The highest BCUT2D eigenvalue weighted by molar-refractivity contribution is 7.10. The molecule has 0 atom stereocenters. The van der Waals surface area contributed by atoms with Gasteiger partial charge in [-0.15, -0.1) is 21.5 Å². The van der Waals surface area contributed by atoms with Crippen LogP contribution in [0.2, 0.25) is 0 Å². The van der Waals surface area contributed by atoms with Gasteiger partial charge in [0.05, 0.1) is 11.9 Å². The molecule has 8 heteroatoms. The van der Waals surface area contributed by atoms with Crippen molar-refractivity contribution in [2.75, 3.05) is 31.1 Å². The third kappa shape index (κ3) is 4.14. The molecule has 7 nitrogen and oxygen atoms in total. The van der Waals surface area contributed by atoms with Gasteiger partial charge in [0.15, 0.2) is 11.5 Å². The lowest BCUT2D eigenvalue weighted by molar-refractivity contribution is -0.130. The second kappa shape index (κ2) is 9.11. The fourth-order valence-corrected chi connectivity index (χ4v) is 5.40. The maximum absolute atomic E-state index is 12.9. The third-order valence-electron chi connectivity index (χ3n) is 6.58.